The summed E-state index contributed by atoms with van der Waals surface area (Å²) in [5.74, 6) is 0.411. The Hall–Kier alpha value is -0.980. The van der Waals surface area contributed by atoms with Crippen LogP contribution in [0.25, 0.3) is 0 Å². The fourth-order valence-electron chi connectivity index (χ4n) is 1.80. The van der Waals surface area contributed by atoms with E-state index in [2.05, 4.69) is 4.99 Å². The predicted molar refractivity (Wildman–Crippen MR) is 65.4 cm³/mol. The molecule has 0 unspecified atom stereocenters. The number of alkyl halides is 3. The minimum atomic E-state index is -4.13. The van der Waals surface area contributed by atoms with Crippen molar-refractivity contribution >= 4 is 5.96 Å². The van der Waals surface area contributed by atoms with Gasteiger partial charge < -0.3 is 10.6 Å². The van der Waals surface area contributed by atoms with E-state index in [1.165, 1.54) is 4.90 Å². The number of halogens is 3. The lowest BCUT2D eigenvalue weighted by Gasteiger charge is -2.36. The van der Waals surface area contributed by atoms with Crippen LogP contribution in [0.2, 0.25) is 0 Å². The Morgan fingerprint density at radius 3 is 2.00 bits per heavy atom. The van der Waals surface area contributed by atoms with Crippen molar-refractivity contribution in [2.75, 3.05) is 32.7 Å². The molecule has 1 heterocycles. The van der Waals surface area contributed by atoms with Gasteiger partial charge in [-0.3, -0.25) is 4.90 Å². The minimum absolute atomic E-state index is 0.271. The number of nitrogens with zero attached hydrogens (tertiary/aromatic N) is 3. The number of guanidine groups is 1. The molecule has 0 saturated carbocycles. The van der Waals surface area contributed by atoms with E-state index in [1.54, 1.807) is 0 Å². The highest BCUT2D eigenvalue weighted by atomic mass is 19.4. The zero-order valence-electron chi connectivity index (χ0n) is 11.1. The first-order valence-corrected chi connectivity index (χ1v) is 5.96. The van der Waals surface area contributed by atoms with Crippen LogP contribution in [0.5, 0.6) is 0 Å². The Labute approximate surface area is 106 Å². The minimum Gasteiger partial charge on any atom is -0.370 e. The largest absolute Gasteiger partial charge is 0.401 e. The van der Waals surface area contributed by atoms with Gasteiger partial charge in [-0.05, 0) is 20.8 Å². The van der Waals surface area contributed by atoms with Gasteiger partial charge >= 0.3 is 6.18 Å². The number of hydrogen-bond donors (Lipinski definition) is 1. The van der Waals surface area contributed by atoms with Crippen LogP contribution in [0.15, 0.2) is 4.99 Å². The molecule has 7 heteroatoms. The summed E-state index contributed by atoms with van der Waals surface area (Å²) in [6, 6.07) is 0. The fourth-order valence-corrected chi connectivity index (χ4v) is 1.80. The second kappa shape index (κ2) is 5.34. The second-order valence-corrected chi connectivity index (χ2v) is 5.52. The number of piperazine rings is 1. The van der Waals surface area contributed by atoms with Crippen molar-refractivity contribution in [1.29, 1.82) is 0 Å². The van der Waals surface area contributed by atoms with Crippen molar-refractivity contribution in [3.8, 4) is 0 Å². The highest BCUT2D eigenvalue weighted by Crippen LogP contribution is 2.17. The van der Waals surface area contributed by atoms with Crippen LogP contribution in [0.1, 0.15) is 20.8 Å². The molecular weight excluding hydrogens is 245 g/mol. The molecule has 0 aromatic carbocycles. The normalized spacial score (nSPS) is 20.3. The molecule has 0 radical (unpaired) electrons. The topological polar surface area (TPSA) is 44.9 Å². The van der Waals surface area contributed by atoms with E-state index in [9.17, 15) is 13.2 Å². The molecule has 0 aromatic heterocycles. The van der Waals surface area contributed by atoms with Gasteiger partial charge in [0.15, 0.2) is 5.96 Å². The van der Waals surface area contributed by atoms with Gasteiger partial charge in [-0.2, -0.15) is 13.2 Å². The number of nitrogens with two attached hydrogens (primary N) is 1. The second-order valence-electron chi connectivity index (χ2n) is 5.52. The molecule has 0 aliphatic carbocycles. The van der Waals surface area contributed by atoms with Gasteiger partial charge in [0.25, 0.3) is 0 Å². The van der Waals surface area contributed by atoms with Crippen LogP contribution in [-0.2, 0) is 0 Å². The van der Waals surface area contributed by atoms with Crippen LogP contribution in [0.4, 0.5) is 13.2 Å². The molecule has 1 saturated heterocycles. The number of hydrogen-bond acceptors (Lipinski definition) is 2. The molecule has 0 aromatic rings. The molecule has 1 fully saturated rings. The summed E-state index contributed by atoms with van der Waals surface area (Å²) in [6.45, 7) is 6.64. The van der Waals surface area contributed by atoms with Crippen molar-refractivity contribution in [3.05, 3.63) is 0 Å². The molecule has 4 nitrogen and oxygen atoms in total. The van der Waals surface area contributed by atoms with Crippen LogP contribution in [-0.4, -0.2) is 60.2 Å². The molecule has 1 rings (SSSR count). The lowest BCUT2D eigenvalue weighted by molar-refractivity contribution is -0.148. The molecule has 0 spiro atoms. The standard InChI is InChI=1S/C11H21F3N4/c1-10(2,3)16-9(15)18-6-4-17(5-7-18)8-11(12,13)14/h4-8H2,1-3H3,(H2,15,16). The maximum atomic E-state index is 12.2. The summed E-state index contributed by atoms with van der Waals surface area (Å²) in [6.07, 6.45) is -4.13. The lowest BCUT2D eigenvalue weighted by atomic mass is 10.1. The Kier molecular flexibility index (Phi) is 4.47. The average Bonchev–Trinajstić information content (AvgIpc) is 2.13. The van der Waals surface area contributed by atoms with E-state index in [1.807, 2.05) is 25.7 Å². The molecule has 0 bridgehead atoms. The Balaban J connectivity index is 2.47. The summed E-state index contributed by atoms with van der Waals surface area (Å²) >= 11 is 0. The summed E-state index contributed by atoms with van der Waals surface area (Å²) < 4.78 is 36.6. The number of aliphatic imine (C=N–C) groups is 1. The van der Waals surface area contributed by atoms with Crippen LogP contribution >= 0.6 is 0 Å². The summed E-state index contributed by atoms with van der Waals surface area (Å²) in [5, 5.41) is 0. The summed E-state index contributed by atoms with van der Waals surface area (Å²) in [4.78, 5) is 7.53. The Bertz CT molecular complexity index is 298. The number of rotatable bonds is 1. The van der Waals surface area contributed by atoms with Gasteiger partial charge in [0.05, 0.1) is 12.1 Å². The van der Waals surface area contributed by atoms with E-state index in [0.29, 0.717) is 32.1 Å². The maximum Gasteiger partial charge on any atom is 0.401 e. The molecular formula is C11H21F3N4. The zero-order chi connectivity index (χ0) is 14.0. The van der Waals surface area contributed by atoms with Gasteiger partial charge in [0.2, 0.25) is 0 Å². The van der Waals surface area contributed by atoms with E-state index >= 15 is 0 Å². The quantitative estimate of drug-likeness (QED) is 0.574. The van der Waals surface area contributed by atoms with Crippen molar-refractivity contribution in [3.63, 3.8) is 0 Å². The smallest absolute Gasteiger partial charge is 0.370 e. The first-order chi connectivity index (χ1) is 8.07. The van der Waals surface area contributed by atoms with E-state index in [0.717, 1.165) is 0 Å². The van der Waals surface area contributed by atoms with E-state index in [4.69, 9.17) is 5.73 Å². The van der Waals surface area contributed by atoms with Crippen molar-refractivity contribution in [1.82, 2.24) is 9.80 Å². The Morgan fingerprint density at radius 2 is 1.61 bits per heavy atom. The fraction of sp³-hybridized carbons (Fsp3) is 0.909. The van der Waals surface area contributed by atoms with Crippen molar-refractivity contribution < 1.29 is 13.2 Å². The zero-order valence-corrected chi connectivity index (χ0v) is 11.1. The first-order valence-electron chi connectivity index (χ1n) is 5.96. The third-order valence-corrected chi connectivity index (χ3v) is 2.55. The van der Waals surface area contributed by atoms with Crippen LogP contribution in [0, 0.1) is 0 Å². The molecule has 2 N–H and O–H groups in total. The van der Waals surface area contributed by atoms with Gasteiger partial charge in [-0.25, -0.2) is 4.99 Å². The van der Waals surface area contributed by atoms with Crippen molar-refractivity contribution in [2.45, 2.75) is 32.5 Å². The Morgan fingerprint density at radius 1 is 1.11 bits per heavy atom. The van der Waals surface area contributed by atoms with E-state index < -0.39 is 12.7 Å². The third-order valence-electron chi connectivity index (χ3n) is 2.55. The average molecular weight is 266 g/mol. The van der Waals surface area contributed by atoms with Crippen LogP contribution < -0.4 is 5.73 Å². The van der Waals surface area contributed by atoms with Gasteiger partial charge in [-0.15, -0.1) is 0 Å². The molecule has 1 aliphatic rings. The lowest BCUT2D eigenvalue weighted by Crippen LogP contribution is -2.53. The van der Waals surface area contributed by atoms with Gasteiger partial charge in [0, 0.05) is 26.2 Å². The first kappa shape index (κ1) is 15.1. The summed E-state index contributed by atoms with van der Waals surface area (Å²) in [7, 11) is 0. The molecule has 0 amide bonds. The van der Waals surface area contributed by atoms with Gasteiger partial charge in [0.1, 0.15) is 0 Å². The maximum absolute atomic E-state index is 12.2. The van der Waals surface area contributed by atoms with Crippen LogP contribution in [0.3, 0.4) is 0 Å². The van der Waals surface area contributed by atoms with E-state index in [-0.39, 0.29) is 5.54 Å². The molecule has 0 atom stereocenters. The molecule has 1 aliphatic heterocycles. The predicted octanol–water partition coefficient (Wildman–Crippen LogP) is 1.28. The highest BCUT2D eigenvalue weighted by Gasteiger charge is 2.32. The molecule has 18 heavy (non-hydrogen) atoms. The SMILES string of the molecule is CC(C)(C)N=C(N)N1CCN(CC(F)(F)F)CC1. The third kappa shape index (κ3) is 5.57. The highest BCUT2D eigenvalue weighted by molar-refractivity contribution is 5.78. The van der Waals surface area contributed by atoms with Gasteiger partial charge in [-0.1, -0.05) is 0 Å². The summed E-state index contributed by atoms with van der Waals surface area (Å²) in [5.41, 5.74) is 5.57. The molecule has 106 valence electrons. The van der Waals surface area contributed by atoms with Crippen molar-refractivity contribution in [2.24, 2.45) is 10.7 Å². The monoisotopic (exact) mass is 266 g/mol.